The SMILES string of the molecule is CCOC(=O)Nc1ccc(Cl)c(/C=C(\Cl)C(=O)OCC)c1. The van der Waals surface area contributed by atoms with Gasteiger partial charge in [-0.25, -0.2) is 9.59 Å². The predicted molar refractivity (Wildman–Crippen MR) is 82.6 cm³/mol. The average molecular weight is 332 g/mol. The molecule has 0 saturated carbocycles. The van der Waals surface area contributed by atoms with E-state index in [0.717, 1.165) is 0 Å². The molecule has 21 heavy (non-hydrogen) atoms. The summed E-state index contributed by atoms with van der Waals surface area (Å²) in [7, 11) is 0. The molecule has 1 aromatic rings. The summed E-state index contributed by atoms with van der Waals surface area (Å²) in [6.07, 6.45) is 0.796. The molecular formula is C14H15Cl2NO4. The maximum atomic E-state index is 11.5. The zero-order valence-electron chi connectivity index (χ0n) is 11.6. The fourth-order valence-corrected chi connectivity index (χ4v) is 1.76. The van der Waals surface area contributed by atoms with Gasteiger partial charge in [0.25, 0.3) is 0 Å². The number of hydrogen-bond acceptors (Lipinski definition) is 4. The minimum atomic E-state index is -0.640. The van der Waals surface area contributed by atoms with Crippen LogP contribution in [0.2, 0.25) is 5.02 Å². The van der Waals surface area contributed by atoms with Gasteiger partial charge in [0.1, 0.15) is 5.03 Å². The lowest BCUT2D eigenvalue weighted by atomic mass is 10.2. The first-order valence-electron chi connectivity index (χ1n) is 6.25. The predicted octanol–water partition coefficient (Wildman–Crippen LogP) is 4.05. The van der Waals surface area contributed by atoms with Crippen molar-refractivity contribution in [2.75, 3.05) is 18.5 Å². The maximum Gasteiger partial charge on any atom is 0.411 e. The Balaban J connectivity index is 2.94. The molecule has 1 aromatic carbocycles. The number of rotatable bonds is 5. The molecule has 7 heteroatoms. The Bertz CT molecular complexity index is 558. The molecule has 1 amide bonds. The fraction of sp³-hybridized carbons (Fsp3) is 0.286. The number of amides is 1. The lowest BCUT2D eigenvalue weighted by Crippen LogP contribution is -2.13. The minimum Gasteiger partial charge on any atom is -0.462 e. The smallest absolute Gasteiger partial charge is 0.411 e. The number of benzene rings is 1. The standard InChI is InChI=1S/C14H15Cl2NO4/c1-3-20-13(18)12(16)8-9-7-10(5-6-11(9)15)17-14(19)21-4-2/h5-8H,3-4H2,1-2H3,(H,17,19)/b12-8-. The van der Waals surface area contributed by atoms with Gasteiger partial charge >= 0.3 is 12.1 Å². The van der Waals surface area contributed by atoms with Gasteiger partial charge in [-0.05, 0) is 43.7 Å². The maximum absolute atomic E-state index is 11.5. The quantitative estimate of drug-likeness (QED) is 0.652. The van der Waals surface area contributed by atoms with Gasteiger partial charge in [-0.3, -0.25) is 5.32 Å². The van der Waals surface area contributed by atoms with E-state index in [9.17, 15) is 9.59 Å². The molecule has 0 fully saturated rings. The highest BCUT2D eigenvalue weighted by atomic mass is 35.5. The van der Waals surface area contributed by atoms with Gasteiger partial charge in [0, 0.05) is 10.7 Å². The summed E-state index contributed by atoms with van der Waals surface area (Å²) in [5.74, 6) is -0.640. The van der Waals surface area contributed by atoms with Crippen molar-refractivity contribution in [2.24, 2.45) is 0 Å². The third-order valence-corrected chi connectivity index (χ3v) is 2.88. The number of esters is 1. The van der Waals surface area contributed by atoms with E-state index in [0.29, 0.717) is 16.3 Å². The molecule has 5 nitrogen and oxygen atoms in total. The number of carbonyl (C=O) groups is 2. The fourth-order valence-electron chi connectivity index (χ4n) is 1.41. The summed E-state index contributed by atoms with van der Waals surface area (Å²) in [6.45, 7) is 3.87. The third-order valence-electron chi connectivity index (χ3n) is 2.27. The Kier molecular flexibility index (Phi) is 7.05. The number of anilines is 1. The highest BCUT2D eigenvalue weighted by Gasteiger charge is 2.10. The van der Waals surface area contributed by atoms with Crippen LogP contribution in [-0.2, 0) is 14.3 Å². The van der Waals surface area contributed by atoms with Crippen LogP contribution in [0.25, 0.3) is 6.08 Å². The Morgan fingerprint density at radius 3 is 2.52 bits per heavy atom. The summed E-state index contributed by atoms with van der Waals surface area (Å²) in [6, 6.07) is 4.75. The minimum absolute atomic E-state index is 0.105. The normalized spacial score (nSPS) is 11.0. The van der Waals surface area contributed by atoms with Crippen molar-refractivity contribution in [3.8, 4) is 0 Å². The van der Waals surface area contributed by atoms with Gasteiger partial charge in [-0.1, -0.05) is 23.2 Å². The van der Waals surface area contributed by atoms with Crippen molar-refractivity contribution in [2.45, 2.75) is 13.8 Å². The molecular weight excluding hydrogens is 317 g/mol. The number of hydrogen-bond donors (Lipinski definition) is 1. The van der Waals surface area contributed by atoms with Crippen LogP contribution in [0.5, 0.6) is 0 Å². The second-order valence-corrected chi connectivity index (χ2v) is 4.61. The van der Waals surface area contributed by atoms with Crippen molar-refractivity contribution in [1.29, 1.82) is 0 Å². The number of ether oxygens (including phenoxy) is 2. The Labute approximate surface area is 132 Å². The van der Waals surface area contributed by atoms with E-state index < -0.39 is 12.1 Å². The first-order chi connectivity index (χ1) is 9.97. The van der Waals surface area contributed by atoms with Crippen molar-refractivity contribution in [3.05, 3.63) is 33.8 Å². The molecule has 0 aliphatic carbocycles. The van der Waals surface area contributed by atoms with E-state index in [1.807, 2.05) is 0 Å². The summed E-state index contributed by atoms with van der Waals surface area (Å²) in [5, 5.41) is 2.81. The van der Waals surface area contributed by atoms with E-state index in [1.165, 1.54) is 6.08 Å². The van der Waals surface area contributed by atoms with Gasteiger partial charge in [0.15, 0.2) is 0 Å². The van der Waals surface area contributed by atoms with E-state index in [-0.39, 0.29) is 18.2 Å². The van der Waals surface area contributed by atoms with Crippen LogP contribution in [0.1, 0.15) is 19.4 Å². The molecule has 0 aliphatic rings. The number of halogens is 2. The van der Waals surface area contributed by atoms with Gasteiger partial charge in [-0.15, -0.1) is 0 Å². The molecule has 0 bridgehead atoms. The lowest BCUT2D eigenvalue weighted by molar-refractivity contribution is -0.137. The zero-order chi connectivity index (χ0) is 15.8. The van der Waals surface area contributed by atoms with Crippen molar-refractivity contribution < 1.29 is 19.1 Å². The number of nitrogens with one attached hydrogen (secondary N) is 1. The van der Waals surface area contributed by atoms with E-state index in [4.69, 9.17) is 32.7 Å². The average Bonchev–Trinajstić information content (AvgIpc) is 2.43. The van der Waals surface area contributed by atoms with Crippen LogP contribution in [-0.4, -0.2) is 25.3 Å². The van der Waals surface area contributed by atoms with Crippen molar-refractivity contribution in [1.82, 2.24) is 0 Å². The number of carbonyl (C=O) groups excluding carboxylic acids is 2. The Morgan fingerprint density at radius 1 is 1.24 bits per heavy atom. The van der Waals surface area contributed by atoms with Crippen LogP contribution in [0.3, 0.4) is 0 Å². The molecule has 1 rings (SSSR count). The van der Waals surface area contributed by atoms with E-state index in [2.05, 4.69) is 5.32 Å². The highest BCUT2D eigenvalue weighted by molar-refractivity contribution is 6.43. The van der Waals surface area contributed by atoms with Gasteiger partial charge in [-0.2, -0.15) is 0 Å². The third kappa shape index (κ3) is 5.65. The molecule has 0 unspecified atom stereocenters. The molecule has 0 aliphatic heterocycles. The largest absolute Gasteiger partial charge is 0.462 e. The molecule has 0 atom stereocenters. The zero-order valence-corrected chi connectivity index (χ0v) is 13.1. The summed E-state index contributed by atoms with van der Waals surface area (Å²) in [4.78, 5) is 22.8. The van der Waals surface area contributed by atoms with Crippen LogP contribution in [0, 0.1) is 0 Å². The summed E-state index contributed by atoms with van der Waals surface area (Å²) >= 11 is 11.9. The Morgan fingerprint density at radius 2 is 1.90 bits per heavy atom. The van der Waals surface area contributed by atoms with Crippen LogP contribution in [0.4, 0.5) is 10.5 Å². The first-order valence-corrected chi connectivity index (χ1v) is 7.01. The molecule has 0 spiro atoms. The van der Waals surface area contributed by atoms with Gasteiger partial charge < -0.3 is 9.47 Å². The van der Waals surface area contributed by atoms with Crippen LogP contribution >= 0.6 is 23.2 Å². The summed E-state index contributed by atoms with van der Waals surface area (Å²) in [5.41, 5.74) is 0.946. The first kappa shape index (κ1) is 17.3. The van der Waals surface area contributed by atoms with Crippen LogP contribution in [0.15, 0.2) is 23.2 Å². The molecule has 0 heterocycles. The Hall–Kier alpha value is -1.72. The second kappa shape index (κ2) is 8.54. The highest BCUT2D eigenvalue weighted by Crippen LogP contribution is 2.24. The van der Waals surface area contributed by atoms with Crippen molar-refractivity contribution in [3.63, 3.8) is 0 Å². The monoisotopic (exact) mass is 331 g/mol. The summed E-state index contributed by atoms with van der Waals surface area (Å²) < 4.78 is 9.54. The second-order valence-electron chi connectivity index (χ2n) is 3.79. The molecule has 0 radical (unpaired) electrons. The molecule has 0 aromatic heterocycles. The van der Waals surface area contributed by atoms with Crippen molar-refractivity contribution >= 4 is 47.0 Å². The molecule has 0 saturated heterocycles. The molecule has 1 N–H and O–H groups in total. The van der Waals surface area contributed by atoms with Crippen LogP contribution < -0.4 is 5.32 Å². The van der Waals surface area contributed by atoms with E-state index in [1.54, 1.807) is 32.0 Å². The molecule has 114 valence electrons. The van der Waals surface area contributed by atoms with Gasteiger partial charge in [0.2, 0.25) is 0 Å². The topological polar surface area (TPSA) is 64.6 Å². The van der Waals surface area contributed by atoms with Gasteiger partial charge in [0.05, 0.1) is 13.2 Å². The lowest BCUT2D eigenvalue weighted by Gasteiger charge is -2.07. The van der Waals surface area contributed by atoms with E-state index >= 15 is 0 Å².